The number of benzene rings is 1. The number of ether oxygens (including phenoxy) is 1. The molecule has 3 rings (SSSR count). The van der Waals surface area contributed by atoms with Crippen molar-refractivity contribution in [1.82, 2.24) is 19.9 Å². The van der Waals surface area contributed by atoms with Crippen molar-refractivity contribution in [2.45, 2.75) is 6.10 Å². The predicted octanol–water partition coefficient (Wildman–Crippen LogP) is 2.30. The summed E-state index contributed by atoms with van der Waals surface area (Å²) >= 11 is 1.37. The molecule has 24 heavy (non-hydrogen) atoms. The molecule has 0 saturated carbocycles. The summed E-state index contributed by atoms with van der Waals surface area (Å²) in [6, 6.07) is 11.5. The lowest BCUT2D eigenvalue weighted by molar-refractivity contribution is 0.171. The fourth-order valence-corrected chi connectivity index (χ4v) is 2.70. The van der Waals surface area contributed by atoms with Gasteiger partial charge in [0.05, 0.1) is 17.2 Å². The maximum absolute atomic E-state index is 10.0. The van der Waals surface area contributed by atoms with E-state index in [-0.39, 0.29) is 0 Å². The standard InChI is InChI=1S/C17H18N4O2S/c22-16(14-2-1-7-18-10-14)11-19-8-9-23-15-5-3-13(4-6-15)17-12-20-21-24-17/h1-7,10,12,16,19,22H,8-9,11H2/t16-/m0/s1. The van der Waals surface area contributed by atoms with E-state index in [2.05, 4.69) is 19.9 Å². The van der Waals surface area contributed by atoms with Crippen LogP contribution in [0.1, 0.15) is 11.7 Å². The minimum Gasteiger partial charge on any atom is -0.492 e. The maximum atomic E-state index is 10.0. The van der Waals surface area contributed by atoms with Crippen molar-refractivity contribution in [2.75, 3.05) is 19.7 Å². The number of aliphatic hydroxyl groups is 1. The Morgan fingerprint density at radius 2 is 2.04 bits per heavy atom. The third-order valence-corrected chi connectivity index (χ3v) is 4.17. The number of nitrogens with zero attached hydrogens (tertiary/aromatic N) is 3. The molecule has 3 aromatic rings. The average Bonchev–Trinajstić information content (AvgIpc) is 3.17. The van der Waals surface area contributed by atoms with Crippen LogP contribution in [0.3, 0.4) is 0 Å². The average molecular weight is 342 g/mol. The highest BCUT2D eigenvalue weighted by molar-refractivity contribution is 7.09. The zero-order chi connectivity index (χ0) is 16.6. The minimum absolute atomic E-state index is 0.465. The molecule has 6 nitrogen and oxygen atoms in total. The van der Waals surface area contributed by atoms with Gasteiger partial charge in [0.15, 0.2) is 0 Å². The van der Waals surface area contributed by atoms with Crippen molar-refractivity contribution in [3.05, 3.63) is 60.6 Å². The van der Waals surface area contributed by atoms with Crippen LogP contribution in [0.25, 0.3) is 10.4 Å². The fourth-order valence-electron chi connectivity index (χ4n) is 2.18. The molecule has 0 aliphatic rings. The lowest BCUT2D eigenvalue weighted by Crippen LogP contribution is -2.26. The molecule has 2 aromatic heterocycles. The van der Waals surface area contributed by atoms with Gasteiger partial charge in [0.25, 0.3) is 0 Å². The predicted molar refractivity (Wildman–Crippen MR) is 92.9 cm³/mol. The van der Waals surface area contributed by atoms with Crippen LogP contribution in [0.4, 0.5) is 0 Å². The van der Waals surface area contributed by atoms with Crippen molar-refractivity contribution in [2.24, 2.45) is 0 Å². The molecule has 0 aliphatic heterocycles. The van der Waals surface area contributed by atoms with Crippen LogP contribution in [0.15, 0.2) is 55.0 Å². The van der Waals surface area contributed by atoms with E-state index in [1.165, 1.54) is 11.5 Å². The van der Waals surface area contributed by atoms with Gasteiger partial charge in [-0.3, -0.25) is 4.98 Å². The van der Waals surface area contributed by atoms with E-state index >= 15 is 0 Å². The van der Waals surface area contributed by atoms with E-state index < -0.39 is 6.10 Å². The summed E-state index contributed by atoms with van der Waals surface area (Å²) in [6.07, 6.45) is 4.54. The van der Waals surface area contributed by atoms with E-state index in [1.807, 2.05) is 36.4 Å². The summed E-state index contributed by atoms with van der Waals surface area (Å²) < 4.78 is 9.54. The molecule has 0 spiro atoms. The smallest absolute Gasteiger partial charge is 0.119 e. The van der Waals surface area contributed by atoms with Crippen LogP contribution in [-0.4, -0.2) is 39.4 Å². The normalized spacial score (nSPS) is 12.0. The first kappa shape index (κ1) is 16.5. The Morgan fingerprint density at radius 1 is 1.17 bits per heavy atom. The van der Waals surface area contributed by atoms with Gasteiger partial charge < -0.3 is 15.2 Å². The summed E-state index contributed by atoms with van der Waals surface area (Å²) in [5.74, 6) is 0.811. The van der Waals surface area contributed by atoms with E-state index in [1.54, 1.807) is 18.6 Å². The van der Waals surface area contributed by atoms with Crippen molar-refractivity contribution in [3.8, 4) is 16.2 Å². The van der Waals surface area contributed by atoms with Crippen LogP contribution in [-0.2, 0) is 0 Å². The van der Waals surface area contributed by atoms with Gasteiger partial charge in [-0.25, -0.2) is 0 Å². The summed E-state index contributed by atoms with van der Waals surface area (Å²) in [6.45, 7) is 1.64. The Bertz CT molecular complexity index is 720. The molecular formula is C17H18N4O2S. The zero-order valence-corrected chi connectivity index (χ0v) is 13.8. The second-order valence-electron chi connectivity index (χ2n) is 5.16. The lowest BCUT2D eigenvalue weighted by Gasteiger charge is -2.12. The van der Waals surface area contributed by atoms with Crippen LogP contribution >= 0.6 is 11.5 Å². The highest BCUT2D eigenvalue weighted by Gasteiger charge is 2.06. The first-order chi connectivity index (χ1) is 11.8. The molecule has 2 heterocycles. The van der Waals surface area contributed by atoms with Crippen molar-refractivity contribution in [1.29, 1.82) is 0 Å². The molecule has 0 bridgehead atoms. The summed E-state index contributed by atoms with van der Waals surface area (Å²) in [5.41, 5.74) is 1.88. The van der Waals surface area contributed by atoms with Gasteiger partial charge >= 0.3 is 0 Å². The van der Waals surface area contributed by atoms with Crippen molar-refractivity contribution in [3.63, 3.8) is 0 Å². The molecule has 0 saturated heterocycles. The first-order valence-corrected chi connectivity index (χ1v) is 8.39. The largest absolute Gasteiger partial charge is 0.492 e. The Kier molecular flexibility index (Phi) is 5.84. The number of aliphatic hydroxyl groups excluding tert-OH is 1. The van der Waals surface area contributed by atoms with E-state index in [4.69, 9.17) is 4.74 Å². The summed E-state index contributed by atoms with van der Waals surface area (Å²) in [7, 11) is 0. The van der Waals surface area contributed by atoms with Gasteiger partial charge in [-0.05, 0) is 47.4 Å². The van der Waals surface area contributed by atoms with Gasteiger partial charge in [-0.15, -0.1) is 5.10 Å². The maximum Gasteiger partial charge on any atom is 0.119 e. The Balaban J connectivity index is 1.37. The second kappa shape index (κ2) is 8.49. The highest BCUT2D eigenvalue weighted by atomic mass is 32.1. The molecule has 0 unspecified atom stereocenters. The quantitative estimate of drug-likeness (QED) is 0.612. The Hall–Kier alpha value is -2.35. The third kappa shape index (κ3) is 4.58. The van der Waals surface area contributed by atoms with Gasteiger partial charge in [-0.2, -0.15) is 0 Å². The number of pyridine rings is 1. The molecular weight excluding hydrogens is 324 g/mol. The molecule has 0 aliphatic carbocycles. The molecule has 7 heteroatoms. The van der Waals surface area contributed by atoms with Gasteiger partial charge in [0, 0.05) is 31.0 Å². The topological polar surface area (TPSA) is 80.2 Å². The van der Waals surface area contributed by atoms with Crippen molar-refractivity contribution >= 4 is 11.5 Å². The summed E-state index contributed by atoms with van der Waals surface area (Å²) in [4.78, 5) is 5.03. The Morgan fingerprint density at radius 3 is 2.75 bits per heavy atom. The number of hydrogen-bond acceptors (Lipinski definition) is 7. The Labute approximate surface area is 144 Å². The van der Waals surface area contributed by atoms with Crippen LogP contribution in [0, 0.1) is 0 Å². The number of nitrogens with one attached hydrogen (secondary N) is 1. The monoisotopic (exact) mass is 342 g/mol. The molecule has 0 amide bonds. The van der Waals surface area contributed by atoms with Crippen molar-refractivity contribution < 1.29 is 9.84 Å². The lowest BCUT2D eigenvalue weighted by atomic mass is 10.1. The fraction of sp³-hybridized carbons (Fsp3) is 0.235. The SMILES string of the molecule is O[C@@H](CNCCOc1ccc(-c2cnns2)cc1)c1cccnc1. The number of aromatic nitrogens is 3. The molecule has 1 aromatic carbocycles. The zero-order valence-electron chi connectivity index (χ0n) is 13.0. The van der Waals surface area contributed by atoms with Gasteiger partial charge in [-0.1, -0.05) is 10.6 Å². The van der Waals surface area contributed by atoms with E-state index in [9.17, 15) is 5.11 Å². The molecule has 2 N–H and O–H groups in total. The van der Waals surface area contributed by atoms with Crippen LogP contribution in [0.2, 0.25) is 0 Å². The molecule has 0 fully saturated rings. The van der Waals surface area contributed by atoms with E-state index in [0.29, 0.717) is 19.7 Å². The molecule has 0 radical (unpaired) electrons. The van der Waals surface area contributed by atoms with Gasteiger partial charge in [0.1, 0.15) is 12.4 Å². The summed E-state index contributed by atoms with van der Waals surface area (Å²) in [5, 5.41) is 17.0. The molecule has 1 atom stereocenters. The molecule has 124 valence electrons. The first-order valence-electron chi connectivity index (χ1n) is 7.62. The van der Waals surface area contributed by atoms with Crippen LogP contribution in [0.5, 0.6) is 5.75 Å². The van der Waals surface area contributed by atoms with Gasteiger partial charge in [0.2, 0.25) is 0 Å². The van der Waals surface area contributed by atoms with Crippen LogP contribution < -0.4 is 10.1 Å². The number of hydrogen-bond donors (Lipinski definition) is 2. The number of rotatable bonds is 8. The third-order valence-electron chi connectivity index (χ3n) is 3.45. The van der Waals surface area contributed by atoms with E-state index in [0.717, 1.165) is 21.8 Å². The minimum atomic E-state index is -0.564. The second-order valence-corrected chi connectivity index (χ2v) is 5.95. The highest BCUT2D eigenvalue weighted by Crippen LogP contribution is 2.23.